The first-order valence-corrected chi connectivity index (χ1v) is 15.2. The SMILES string of the molecule is Cc1c(Cl)cccc1S(=O)(=O)Nc1cc2cnccc2nc1OCc1ccc(Cl)c(OCC2CCN(C)CC2)c1. The summed E-state index contributed by atoms with van der Waals surface area (Å²) in [6.45, 7) is 4.51. The van der Waals surface area contributed by atoms with Gasteiger partial charge in [-0.2, -0.15) is 0 Å². The topological polar surface area (TPSA) is 93.7 Å². The summed E-state index contributed by atoms with van der Waals surface area (Å²) < 4.78 is 41.5. The van der Waals surface area contributed by atoms with E-state index in [1.54, 1.807) is 49.6 Å². The van der Waals surface area contributed by atoms with Crippen LogP contribution in [0.5, 0.6) is 11.6 Å². The molecule has 0 spiro atoms. The Kier molecular flexibility index (Phi) is 8.65. The molecule has 8 nitrogen and oxygen atoms in total. The van der Waals surface area contributed by atoms with E-state index in [2.05, 4.69) is 26.6 Å². The van der Waals surface area contributed by atoms with Gasteiger partial charge in [0.25, 0.3) is 10.0 Å². The largest absolute Gasteiger partial charge is 0.492 e. The minimum Gasteiger partial charge on any atom is -0.492 e. The number of rotatable bonds is 9. The normalized spacial score (nSPS) is 14.8. The number of nitrogens with one attached hydrogen (secondary N) is 1. The molecule has 0 radical (unpaired) electrons. The molecule has 0 bridgehead atoms. The van der Waals surface area contributed by atoms with Crippen LogP contribution in [0.25, 0.3) is 10.9 Å². The summed E-state index contributed by atoms with van der Waals surface area (Å²) in [7, 11) is -1.86. The van der Waals surface area contributed by atoms with Crippen LogP contribution in [0.15, 0.2) is 65.8 Å². The van der Waals surface area contributed by atoms with Crippen molar-refractivity contribution in [2.24, 2.45) is 5.92 Å². The molecular formula is C29H30Cl2N4O4S. The number of hydrogen-bond donors (Lipinski definition) is 1. The summed E-state index contributed by atoms with van der Waals surface area (Å²) in [6, 6.07) is 13.6. The van der Waals surface area contributed by atoms with Gasteiger partial charge in [-0.25, -0.2) is 13.4 Å². The number of benzene rings is 2. The maximum absolute atomic E-state index is 13.3. The lowest BCUT2D eigenvalue weighted by Crippen LogP contribution is -2.32. The van der Waals surface area contributed by atoms with Crippen LogP contribution in [-0.4, -0.2) is 50.0 Å². The number of likely N-dealkylation sites (tertiary alicyclic amines) is 1. The molecule has 0 unspecified atom stereocenters. The molecule has 2 aromatic carbocycles. The smallest absolute Gasteiger partial charge is 0.262 e. The Morgan fingerprint density at radius 1 is 1.05 bits per heavy atom. The summed E-state index contributed by atoms with van der Waals surface area (Å²) in [5.74, 6) is 1.21. The number of piperidine rings is 1. The van der Waals surface area contributed by atoms with Crippen LogP contribution in [0, 0.1) is 12.8 Å². The number of ether oxygens (including phenoxy) is 2. The lowest BCUT2D eigenvalue weighted by molar-refractivity contribution is 0.160. The van der Waals surface area contributed by atoms with E-state index in [9.17, 15) is 8.42 Å². The second kappa shape index (κ2) is 12.2. The number of hydrogen-bond acceptors (Lipinski definition) is 7. The lowest BCUT2D eigenvalue weighted by atomic mass is 9.98. The van der Waals surface area contributed by atoms with Gasteiger partial charge < -0.3 is 14.4 Å². The minimum atomic E-state index is -3.99. The van der Waals surface area contributed by atoms with Gasteiger partial charge in [0, 0.05) is 22.8 Å². The van der Waals surface area contributed by atoms with E-state index in [0.29, 0.717) is 44.8 Å². The van der Waals surface area contributed by atoms with Crippen LogP contribution in [0.4, 0.5) is 5.69 Å². The predicted octanol–water partition coefficient (Wildman–Crippen LogP) is 6.35. The lowest BCUT2D eigenvalue weighted by Gasteiger charge is -2.28. The Bertz CT molecular complexity index is 1630. The van der Waals surface area contributed by atoms with Crippen molar-refractivity contribution in [3.8, 4) is 11.6 Å². The van der Waals surface area contributed by atoms with Gasteiger partial charge in [-0.05, 0) is 93.3 Å². The molecule has 0 amide bonds. The van der Waals surface area contributed by atoms with Crippen LogP contribution >= 0.6 is 23.2 Å². The number of pyridine rings is 2. The van der Waals surface area contributed by atoms with Crippen LogP contribution in [0.3, 0.4) is 0 Å². The van der Waals surface area contributed by atoms with E-state index < -0.39 is 10.0 Å². The van der Waals surface area contributed by atoms with Gasteiger partial charge in [0.2, 0.25) is 5.88 Å². The highest BCUT2D eigenvalue weighted by atomic mass is 35.5. The zero-order valence-corrected chi connectivity index (χ0v) is 24.6. The molecule has 1 saturated heterocycles. The zero-order chi connectivity index (χ0) is 28.3. The van der Waals surface area contributed by atoms with Crippen molar-refractivity contribution in [3.05, 3.63) is 82.1 Å². The second-order valence-electron chi connectivity index (χ2n) is 9.99. The molecule has 2 aromatic heterocycles. The van der Waals surface area contributed by atoms with Crippen LogP contribution in [0.2, 0.25) is 10.0 Å². The van der Waals surface area contributed by atoms with E-state index in [1.165, 1.54) is 6.07 Å². The maximum atomic E-state index is 13.3. The van der Waals surface area contributed by atoms with E-state index in [1.807, 2.05) is 12.1 Å². The van der Waals surface area contributed by atoms with Gasteiger partial charge in [-0.1, -0.05) is 35.3 Å². The molecule has 11 heteroatoms. The van der Waals surface area contributed by atoms with Gasteiger partial charge in [-0.3, -0.25) is 9.71 Å². The average molecular weight is 602 g/mol. The Balaban J connectivity index is 1.37. The molecule has 4 aromatic rings. The number of sulfonamides is 1. The third-order valence-corrected chi connectivity index (χ3v) is 9.25. The Morgan fingerprint density at radius 3 is 2.65 bits per heavy atom. The van der Waals surface area contributed by atoms with Gasteiger partial charge in [0.15, 0.2) is 0 Å². The second-order valence-corrected chi connectivity index (χ2v) is 12.5. The zero-order valence-electron chi connectivity index (χ0n) is 22.2. The minimum absolute atomic E-state index is 0.0707. The highest BCUT2D eigenvalue weighted by Crippen LogP contribution is 2.32. The van der Waals surface area contributed by atoms with Gasteiger partial charge >= 0.3 is 0 Å². The summed E-state index contributed by atoms with van der Waals surface area (Å²) >= 11 is 12.6. The van der Waals surface area contributed by atoms with E-state index in [-0.39, 0.29) is 23.1 Å². The van der Waals surface area contributed by atoms with Gasteiger partial charge in [-0.15, -0.1) is 0 Å². The fourth-order valence-corrected chi connectivity index (χ4v) is 6.32. The fraction of sp³-hybridized carbons (Fsp3) is 0.310. The molecule has 0 saturated carbocycles. The van der Waals surface area contributed by atoms with E-state index >= 15 is 0 Å². The summed E-state index contributed by atoms with van der Waals surface area (Å²) in [5, 5.41) is 1.54. The first-order valence-electron chi connectivity index (χ1n) is 12.9. The summed E-state index contributed by atoms with van der Waals surface area (Å²) in [6.07, 6.45) is 5.41. The highest BCUT2D eigenvalue weighted by Gasteiger charge is 2.22. The van der Waals surface area contributed by atoms with Crippen LogP contribution in [0.1, 0.15) is 24.0 Å². The van der Waals surface area contributed by atoms with Crippen LogP contribution in [-0.2, 0) is 16.6 Å². The molecule has 0 aliphatic carbocycles. The first kappa shape index (κ1) is 28.4. The fourth-order valence-electron chi connectivity index (χ4n) is 4.60. The van der Waals surface area contributed by atoms with Crippen molar-refractivity contribution in [2.75, 3.05) is 31.5 Å². The molecule has 40 heavy (non-hydrogen) atoms. The predicted molar refractivity (Wildman–Crippen MR) is 158 cm³/mol. The molecule has 1 aliphatic rings. The molecule has 5 rings (SSSR count). The van der Waals surface area contributed by atoms with Crippen molar-refractivity contribution in [1.29, 1.82) is 0 Å². The number of fused-ring (bicyclic) bond motifs is 1. The Hall–Kier alpha value is -3.11. The Morgan fingerprint density at radius 2 is 1.85 bits per heavy atom. The van der Waals surface area contributed by atoms with Crippen molar-refractivity contribution in [1.82, 2.24) is 14.9 Å². The van der Waals surface area contributed by atoms with E-state index in [0.717, 1.165) is 31.5 Å². The molecule has 1 N–H and O–H groups in total. The first-order chi connectivity index (χ1) is 19.2. The highest BCUT2D eigenvalue weighted by molar-refractivity contribution is 7.92. The standard InChI is InChI=1S/C29H30Cl2N4O4S/c1-19-23(30)4-3-5-28(19)40(36,37)34-26-15-22-16-32-11-8-25(22)33-29(26)39-18-21-6-7-24(31)27(14-21)38-17-20-9-12-35(2)13-10-20/h3-8,11,14-16,20,34H,9-10,12-13,17-18H2,1-2H3. The Labute approximate surface area is 244 Å². The number of anilines is 1. The van der Waals surface area contributed by atoms with Crippen molar-refractivity contribution in [2.45, 2.75) is 31.3 Å². The molecular weight excluding hydrogens is 571 g/mol. The van der Waals surface area contributed by atoms with Crippen molar-refractivity contribution in [3.63, 3.8) is 0 Å². The molecule has 210 valence electrons. The monoisotopic (exact) mass is 600 g/mol. The number of aromatic nitrogens is 2. The molecule has 1 fully saturated rings. The van der Waals surface area contributed by atoms with Crippen molar-refractivity contribution >= 4 is 49.8 Å². The third-order valence-electron chi connectivity index (χ3n) is 7.02. The number of halogens is 2. The third kappa shape index (κ3) is 6.61. The molecule has 1 aliphatic heterocycles. The summed E-state index contributed by atoms with van der Waals surface area (Å²) in [4.78, 5) is 11.1. The maximum Gasteiger partial charge on any atom is 0.262 e. The van der Waals surface area contributed by atoms with Crippen molar-refractivity contribution < 1.29 is 17.9 Å². The van der Waals surface area contributed by atoms with Gasteiger partial charge in [0.1, 0.15) is 18.0 Å². The molecule has 0 atom stereocenters. The summed E-state index contributed by atoms with van der Waals surface area (Å²) in [5.41, 5.74) is 2.06. The average Bonchev–Trinajstić information content (AvgIpc) is 2.94. The van der Waals surface area contributed by atoms with E-state index in [4.69, 9.17) is 32.7 Å². The quantitative estimate of drug-likeness (QED) is 0.239. The molecule has 3 heterocycles. The van der Waals surface area contributed by atoms with Crippen LogP contribution < -0.4 is 14.2 Å². The number of nitrogens with zero attached hydrogens (tertiary/aromatic N) is 3. The van der Waals surface area contributed by atoms with Gasteiger partial charge in [0.05, 0.1) is 22.0 Å².